The van der Waals surface area contributed by atoms with Gasteiger partial charge >= 0.3 is 6.03 Å². The number of carbonyl (C=O) groups is 1. The van der Waals surface area contributed by atoms with Gasteiger partial charge in [-0.2, -0.15) is 0 Å². The summed E-state index contributed by atoms with van der Waals surface area (Å²) in [5, 5.41) is 0. The van der Waals surface area contributed by atoms with E-state index in [1.807, 2.05) is 16.8 Å². The Hall–Kier alpha value is -1.91. The van der Waals surface area contributed by atoms with Gasteiger partial charge in [0, 0.05) is 26.7 Å². The highest BCUT2D eigenvalue weighted by atomic mass is 16.5. The molecule has 1 heterocycles. The Labute approximate surface area is 138 Å². The van der Waals surface area contributed by atoms with E-state index in [1.54, 1.807) is 14.2 Å². The highest BCUT2D eigenvalue weighted by molar-refractivity contribution is 5.74. The molecular weight excluding hydrogens is 292 g/mol. The van der Waals surface area contributed by atoms with Crippen molar-refractivity contribution in [2.75, 3.05) is 40.9 Å². The first-order valence-electron chi connectivity index (χ1n) is 8.36. The molecule has 23 heavy (non-hydrogen) atoms. The van der Waals surface area contributed by atoms with Crippen molar-refractivity contribution in [3.05, 3.63) is 23.3 Å². The van der Waals surface area contributed by atoms with Crippen molar-refractivity contribution in [1.29, 1.82) is 0 Å². The van der Waals surface area contributed by atoms with E-state index in [2.05, 4.69) is 12.1 Å². The third-order valence-electron chi connectivity index (χ3n) is 4.83. The second-order valence-corrected chi connectivity index (χ2v) is 6.57. The zero-order valence-electron chi connectivity index (χ0n) is 14.3. The van der Waals surface area contributed by atoms with Crippen LogP contribution in [0.5, 0.6) is 11.5 Å². The van der Waals surface area contributed by atoms with Gasteiger partial charge in [-0.15, -0.1) is 0 Å². The van der Waals surface area contributed by atoms with Crippen LogP contribution in [0.3, 0.4) is 0 Å². The number of nitrogens with zero attached hydrogens (tertiary/aromatic N) is 2. The Morgan fingerprint density at radius 3 is 2.09 bits per heavy atom. The normalized spacial score (nSPS) is 17.3. The zero-order chi connectivity index (χ0) is 16.4. The Morgan fingerprint density at radius 2 is 1.65 bits per heavy atom. The molecule has 2 amide bonds. The van der Waals surface area contributed by atoms with Crippen molar-refractivity contribution in [3.8, 4) is 11.5 Å². The highest BCUT2D eigenvalue weighted by Gasteiger charge is 2.28. The maximum absolute atomic E-state index is 12.6. The van der Waals surface area contributed by atoms with E-state index in [0.717, 1.165) is 49.9 Å². The maximum Gasteiger partial charge on any atom is 0.319 e. The van der Waals surface area contributed by atoms with Crippen LogP contribution >= 0.6 is 0 Å². The lowest BCUT2D eigenvalue weighted by Gasteiger charge is -2.27. The largest absolute Gasteiger partial charge is 0.493 e. The van der Waals surface area contributed by atoms with Crippen molar-refractivity contribution >= 4 is 6.03 Å². The number of urea groups is 1. The summed E-state index contributed by atoms with van der Waals surface area (Å²) >= 11 is 0. The highest BCUT2D eigenvalue weighted by Crippen LogP contribution is 2.32. The second kappa shape index (κ2) is 6.69. The molecule has 1 aromatic rings. The smallest absolute Gasteiger partial charge is 0.319 e. The van der Waals surface area contributed by atoms with Gasteiger partial charge < -0.3 is 19.3 Å². The summed E-state index contributed by atoms with van der Waals surface area (Å²) in [6.07, 6.45) is 4.25. The molecule has 126 valence electrons. The van der Waals surface area contributed by atoms with Crippen LogP contribution in [-0.2, 0) is 12.8 Å². The van der Waals surface area contributed by atoms with Crippen LogP contribution in [0.4, 0.5) is 4.79 Å². The Morgan fingerprint density at radius 1 is 1.13 bits per heavy atom. The van der Waals surface area contributed by atoms with E-state index in [9.17, 15) is 4.79 Å². The van der Waals surface area contributed by atoms with Gasteiger partial charge in [-0.1, -0.05) is 0 Å². The summed E-state index contributed by atoms with van der Waals surface area (Å²) < 4.78 is 10.8. The second-order valence-electron chi connectivity index (χ2n) is 6.57. The third-order valence-corrected chi connectivity index (χ3v) is 4.83. The van der Waals surface area contributed by atoms with Crippen LogP contribution in [-0.4, -0.2) is 56.7 Å². The minimum Gasteiger partial charge on any atom is -0.493 e. The molecule has 1 aromatic carbocycles. The van der Waals surface area contributed by atoms with E-state index >= 15 is 0 Å². The lowest BCUT2D eigenvalue weighted by Crippen LogP contribution is -2.43. The molecule has 0 bridgehead atoms. The number of rotatable bonds is 4. The van der Waals surface area contributed by atoms with Gasteiger partial charge in [-0.3, -0.25) is 0 Å². The molecule has 5 nitrogen and oxygen atoms in total. The summed E-state index contributed by atoms with van der Waals surface area (Å²) in [6, 6.07) is 4.26. The van der Waals surface area contributed by atoms with Gasteiger partial charge in [-0.25, -0.2) is 4.79 Å². The van der Waals surface area contributed by atoms with Crippen LogP contribution < -0.4 is 9.47 Å². The standard InChI is InChI=1S/C18H26N2O3/c1-19(12-13-4-5-13)18(21)20-8-6-14-10-16(22-2)17(23-3)11-15(14)7-9-20/h10-11,13H,4-9,12H2,1-3H3. The summed E-state index contributed by atoms with van der Waals surface area (Å²) in [7, 11) is 5.23. The third kappa shape index (κ3) is 3.54. The van der Waals surface area contributed by atoms with Crippen molar-refractivity contribution in [3.63, 3.8) is 0 Å². The average Bonchev–Trinajstić information content (AvgIpc) is 3.39. The number of methoxy groups -OCH3 is 2. The van der Waals surface area contributed by atoms with Gasteiger partial charge in [0.25, 0.3) is 0 Å². The quantitative estimate of drug-likeness (QED) is 0.857. The van der Waals surface area contributed by atoms with Gasteiger partial charge in [0.2, 0.25) is 0 Å². The average molecular weight is 318 g/mol. The summed E-state index contributed by atoms with van der Waals surface area (Å²) in [6.45, 7) is 2.41. The summed E-state index contributed by atoms with van der Waals surface area (Å²) in [4.78, 5) is 16.5. The van der Waals surface area contributed by atoms with Crippen molar-refractivity contribution in [2.45, 2.75) is 25.7 Å². The Bertz CT molecular complexity index is 549. The molecule has 0 N–H and O–H groups in total. The number of benzene rings is 1. The molecule has 0 spiro atoms. The van der Waals surface area contributed by atoms with E-state index < -0.39 is 0 Å². The molecule has 0 unspecified atom stereocenters. The first-order chi connectivity index (χ1) is 11.1. The molecule has 1 fully saturated rings. The van der Waals surface area contributed by atoms with Gasteiger partial charge in [0.1, 0.15) is 0 Å². The van der Waals surface area contributed by atoms with E-state index in [4.69, 9.17) is 9.47 Å². The molecular formula is C18H26N2O3. The molecule has 3 rings (SSSR count). The van der Waals surface area contributed by atoms with Crippen LogP contribution in [0.25, 0.3) is 0 Å². The van der Waals surface area contributed by atoms with Crippen LogP contribution in [0.1, 0.15) is 24.0 Å². The number of ether oxygens (including phenoxy) is 2. The number of hydrogen-bond donors (Lipinski definition) is 0. The Kier molecular flexibility index (Phi) is 4.64. The molecule has 0 saturated heterocycles. The fourth-order valence-electron chi connectivity index (χ4n) is 3.25. The Balaban J connectivity index is 1.70. The fraction of sp³-hybridized carbons (Fsp3) is 0.611. The van der Waals surface area contributed by atoms with Crippen molar-refractivity contribution in [1.82, 2.24) is 9.80 Å². The van der Waals surface area contributed by atoms with E-state index in [-0.39, 0.29) is 6.03 Å². The predicted octanol–water partition coefficient (Wildman–Crippen LogP) is 2.57. The molecule has 0 aromatic heterocycles. The van der Waals surface area contributed by atoms with Crippen LogP contribution in [0, 0.1) is 5.92 Å². The fourth-order valence-corrected chi connectivity index (χ4v) is 3.25. The van der Waals surface area contributed by atoms with Crippen LogP contribution in [0.15, 0.2) is 12.1 Å². The monoisotopic (exact) mass is 318 g/mol. The van der Waals surface area contributed by atoms with Crippen LogP contribution in [0.2, 0.25) is 0 Å². The number of carbonyl (C=O) groups excluding carboxylic acids is 1. The molecule has 1 saturated carbocycles. The first kappa shape index (κ1) is 16.0. The minimum absolute atomic E-state index is 0.156. The van der Waals surface area contributed by atoms with E-state index in [0.29, 0.717) is 0 Å². The van der Waals surface area contributed by atoms with E-state index in [1.165, 1.54) is 24.0 Å². The molecule has 0 radical (unpaired) electrons. The van der Waals surface area contributed by atoms with Gasteiger partial charge in [0.15, 0.2) is 11.5 Å². The lowest BCUT2D eigenvalue weighted by molar-refractivity contribution is 0.163. The molecule has 1 aliphatic carbocycles. The maximum atomic E-state index is 12.6. The minimum atomic E-state index is 0.156. The molecule has 0 atom stereocenters. The van der Waals surface area contributed by atoms with Crippen molar-refractivity contribution in [2.24, 2.45) is 5.92 Å². The first-order valence-corrected chi connectivity index (χ1v) is 8.36. The predicted molar refractivity (Wildman–Crippen MR) is 89.3 cm³/mol. The number of fused-ring (bicyclic) bond motifs is 1. The van der Waals surface area contributed by atoms with Crippen molar-refractivity contribution < 1.29 is 14.3 Å². The van der Waals surface area contributed by atoms with Gasteiger partial charge in [0.05, 0.1) is 14.2 Å². The molecule has 5 heteroatoms. The zero-order valence-corrected chi connectivity index (χ0v) is 14.3. The van der Waals surface area contributed by atoms with Gasteiger partial charge in [-0.05, 0) is 54.9 Å². The molecule has 2 aliphatic rings. The summed E-state index contributed by atoms with van der Waals surface area (Å²) in [5.41, 5.74) is 2.51. The summed E-state index contributed by atoms with van der Waals surface area (Å²) in [5.74, 6) is 2.25. The topological polar surface area (TPSA) is 42.0 Å². The number of amides is 2. The lowest BCUT2D eigenvalue weighted by atomic mass is 10.0. The SMILES string of the molecule is COc1cc2c(cc1OC)CCN(C(=O)N(C)CC1CC1)CC2. The molecule has 1 aliphatic heterocycles. The number of hydrogen-bond acceptors (Lipinski definition) is 3.